The number of methoxy groups -OCH3 is 1. The van der Waals surface area contributed by atoms with Crippen molar-refractivity contribution < 1.29 is 50.6 Å². The maximum Gasteiger partial charge on any atom is 0.490 e. The fraction of sp³-hybridized carbons (Fsp3) is 0.323. The minimum Gasteiger partial charge on any atom is -0.496 e. The number of benzene rings is 2. The Kier molecular flexibility index (Phi) is 14.1. The van der Waals surface area contributed by atoms with E-state index in [0.717, 1.165) is 0 Å². The van der Waals surface area contributed by atoms with Gasteiger partial charge in [-0.1, -0.05) is 29.8 Å². The number of amides is 3. The summed E-state index contributed by atoms with van der Waals surface area (Å²) in [4.78, 5) is 49.0. The van der Waals surface area contributed by atoms with E-state index in [-0.39, 0.29) is 57.7 Å². The number of sulfonamides is 1. The largest absolute Gasteiger partial charge is 0.496 e. The molecule has 3 amide bonds. The van der Waals surface area contributed by atoms with Crippen LogP contribution in [-0.2, 0) is 19.6 Å². The monoisotopic (exact) mass is 757 g/mol. The van der Waals surface area contributed by atoms with Crippen LogP contribution in [0, 0.1) is 0 Å². The molecule has 0 saturated carbocycles. The third-order valence-electron chi connectivity index (χ3n) is 7.05. The average molecular weight is 758 g/mol. The Labute approximate surface area is 295 Å². The van der Waals surface area contributed by atoms with Crippen LogP contribution in [0.25, 0.3) is 0 Å². The Morgan fingerprint density at radius 3 is 2.35 bits per heavy atom. The van der Waals surface area contributed by atoms with Gasteiger partial charge in [0.25, 0.3) is 11.8 Å². The molecule has 2 heterocycles. The molecule has 1 fully saturated rings. The topological polar surface area (TPSA) is 203 Å². The van der Waals surface area contributed by atoms with E-state index < -0.39 is 34.0 Å². The number of piperidine rings is 1. The number of H-pyrrole nitrogens is 1. The number of aromatic amines is 1. The van der Waals surface area contributed by atoms with Crippen molar-refractivity contribution >= 4 is 56.7 Å². The number of nitrogens with one attached hydrogen (secondary N) is 4. The van der Waals surface area contributed by atoms with Gasteiger partial charge < -0.3 is 30.7 Å². The van der Waals surface area contributed by atoms with Crippen molar-refractivity contribution in [1.82, 2.24) is 24.7 Å². The number of hydrogen-bond donors (Lipinski definition) is 5. The van der Waals surface area contributed by atoms with Crippen molar-refractivity contribution in [2.45, 2.75) is 30.0 Å². The van der Waals surface area contributed by atoms with E-state index >= 15 is 0 Å². The highest BCUT2D eigenvalue weighted by Crippen LogP contribution is 2.28. The summed E-state index contributed by atoms with van der Waals surface area (Å²) >= 11 is 6.20. The second kappa shape index (κ2) is 17.8. The lowest BCUT2D eigenvalue weighted by molar-refractivity contribution is -0.192. The van der Waals surface area contributed by atoms with Gasteiger partial charge in [-0.2, -0.15) is 22.6 Å². The molecule has 2 aromatic carbocycles. The molecule has 0 bridgehead atoms. The Bertz CT molecular complexity index is 1860. The molecule has 4 rings (SSSR count). The average Bonchev–Trinajstić information content (AvgIpc) is 3.52. The number of halogens is 4. The predicted octanol–water partition coefficient (Wildman–Crippen LogP) is 3.60. The number of likely N-dealkylation sites (N-methyl/N-ethyl adjacent to an activating group) is 1. The molecule has 51 heavy (non-hydrogen) atoms. The van der Waals surface area contributed by atoms with E-state index in [4.69, 9.17) is 26.2 Å². The zero-order valence-corrected chi connectivity index (χ0v) is 29.0. The van der Waals surface area contributed by atoms with Crippen molar-refractivity contribution in [3.05, 3.63) is 77.1 Å². The molecule has 0 atom stereocenters. The molecule has 1 saturated heterocycles. The number of aromatic nitrogens is 2. The summed E-state index contributed by atoms with van der Waals surface area (Å²) in [5.74, 6) is -3.93. The highest BCUT2D eigenvalue weighted by Gasteiger charge is 2.38. The van der Waals surface area contributed by atoms with Crippen LogP contribution in [-0.4, -0.2) is 110 Å². The van der Waals surface area contributed by atoms with Gasteiger partial charge >= 0.3 is 12.1 Å². The maximum atomic E-state index is 13.4. The molecule has 5 N–H and O–H groups in total. The van der Waals surface area contributed by atoms with Crippen molar-refractivity contribution in [3.63, 3.8) is 0 Å². The molecular weight excluding hydrogens is 723 g/mol. The summed E-state index contributed by atoms with van der Waals surface area (Å²) in [6.45, 7) is 0.948. The minimum atomic E-state index is -5.08. The Morgan fingerprint density at radius 1 is 1.10 bits per heavy atom. The van der Waals surface area contributed by atoms with E-state index in [2.05, 4.69) is 26.1 Å². The highest BCUT2D eigenvalue weighted by atomic mass is 35.5. The number of alkyl halides is 3. The molecular formula is C31H35ClF3N7O8S. The lowest BCUT2D eigenvalue weighted by atomic mass is 10.1. The molecule has 1 aromatic heterocycles. The van der Waals surface area contributed by atoms with Crippen LogP contribution in [0.2, 0.25) is 5.02 Å². The zero-order chi connectivity index (χ0) is 37.9. The molecule has 276 valence electrons. The number of carbonyl (C=O) groups excluding carboxylic acids is 3. The van der Waals surface area contributed by atoms with Crippen LogP contribution >= 0.6 is 11.6 Å². The fourth-order valence-corrected chi connectivity index (χ4v) is 6.34. The SMILES string of the molecule is COc1cccc(Cl)c1C(=O)Nc1cn[nH]c1C(=O)NC1CCN(S(=O)(=O)c2cccc(NC(=O)/C=C/CN(C)C)c2)CC1.O=C(O)C(F)(F)F. The number of anilines is 2. The maximum absolute atomic E-state index is 13.4. The predicted molar refractivity (Wildman–Crippen MR) is 180 cm³/mol. The number of carboxylic acids is 1. The van der Waals surface area contributed by atoms with Crippen LogP contribution in [0.15, 0.2) is 65.7 Å². The number of aliphatic carboxylic acids is 1. The number of carboxylic acid groups (broad SMARTS) is 1. The fourth-order valence-electron chi connectivity index (χ4n) is 4.57. The lowest BCUT2D eigenvalue weighted by Gasteiger charge is -2.31. The van der Waals surface area contributed by atoms with Crippen molar-refractivity contribution in [1.29, 1.82) is 0 Å². The molecule has 0 aliphatic carbocycles. The number of carbonyl (C=O) groups is 4. The normalized spacial score (nSPS) is 14.0. The van der Waals surface area contributed by atoms with Crippen molar-refractivity contribution in [2.24, 2.45) is 0 Å². The van der Waals surface area contributed by atoms with Gasteiger partial charge in [-0.15, -0.1) is 0 Å². The van der Waals surface area contributed by atoms with Gasteiger partial charge in [-0.3, -0.25) is 19.5 Å². The van der Waals surface area contributed by atoms with Crippen LogP contribution in [0.5, 0.6) is 5.75 Å². The molecule has 15 nitrogen and oxygen atoms in total. The Hall–Kier alpha value is -4.98. The van der Waals surface area contributed by atoms with E-state index in [1.165, 1.54) is 35.8 Å². The first-order chi connectivity index (χ1) is 23.9. The van der Waals surface area contributed by atoms with E-state index in [9.17, 15) is 36.0 Å². The van der Waals surface area contributed by atoms with Crippen LogP contribution in [0.4, 0.5) is 24.5 Å². The van der Waals surface area contributed by atoms with Crippen molar-refractivity contribution in [3.8, 4) is 5.75 Å². The Balaban J connectivity index is 0.000000908. The third kappa shape index (κ3) is 11.5. The van der Waals surface area contributed by atoms with E-state index in [1.807, 2.05) is 19.0 Å². The van der Waals surface area contributed by atoms with Gasteiger partial charge in [-0.25, -0.2) is 13.2 Å². The molecule has 20 heteroatoms. The van der Waals surface area contributed by atoms with Crippen LogP contribution in [0.3, 0.4) is 0 Å². The Morgan fingerprint density at radius 2 is 1.75 bits per heavy atom. The lowest BCUT2D eigenvalue weighted by Crippen LogP contribution is -2.46. The van der Waals surface area contributed by atoms with Gasteiger partial charge in [0.05, 0.1) is 28.9 Å². The first kappa shape index (κ1) is 40.4. The molecule has 1 aliphatic rings. The summed E-state index contributed by atoms with van der Waals surface area (Å²) in [7, 11) is 1.34. The summed E-state index contributed by atoms with van der Waals surface area (Å²) in [6, 6.07) is 10.6. The smallest absolute Gasteiger partial charge is 0.490 e. The number of hydrogen-bond acceptors (Lipinski definition) is 9. The summed E-state index contributed by atoms with van der Waals surface area (Å²) in [5, 5.41) is 22.0. The summed E-state index contributed by atoms with van der Waals surface area (Å²) in [6.07, 6.45) is 0.0635. The van der Waals surface area contributed by atoms with Gasteiger partial charge in [0.1, 0.15) is 17.0 Å². The second-order valence-electron chi connectivity index (χ2n) is 11.1. The zero-order valence-electron chi connectivity index (χ0n) is 27.5. The van der Waals surface area contributed by atoms with E-state index in [1.54, 1.807) is 36.4 Å². The van der Waals surface area contributed by atoms with E-state index in [0.29, 0.717) is 25.1 Å². The molecule has 3 aromatic rings. The highest BCUT2D eigenvalue weighted by molar-refractivity contribution is 7.89. The van der Waals surface area contributed by atoms with Gasteiger partial charge in [0, 0.05) is 37.4 Å². The van der Waals surface area contributed by atoms with Crippen molar-refractivity contribution in [2.75, 3.05) is 51.5 Å². The summed E-state index contributed by atoms with van der Waals surface area (Å²) < 4.78 is 65.0. The number of ether oxygens (including phenoxy) is 1. The van der Waals surface area contributed by atoms with Crippen LogP contribution < -0.4 is 20.7 Å². The molecule has 0 unspecified atom stereocenters. The first-order valence-corrected chi connectivity index (χ1v) is 16.8. The van der Waals surface area contributed by atoms with Gasteiger partial charge in [-0.05, 0) is 57.3 Å². The minimum absolute atomic E-state index is 0.0369. The van der Waals surface area contributed by atoms with Gasteiger partial charge in [0.2, 0.25) is 15.9 Å². The second-order valence-corrected chi connectivity index (χ2v) is 13.4. The third-order valence-corrected chi connectivity index (χ3v) is 9.26. The first-order valence-electron chi connectivity index (χ1n) is 14.9. The number of rotatable bonds is 11. The summed E-state index contributed by atoms with van der Waals surface area (Å²) in [5.41, 5.74) is 0.662. The standard InChI is InChI=1S/C29H34ClN7O6S.C2HF3O2/c1-36(2)14-6-11-25(38)32-20-7-4-8-21(17-20)44(41,42)37-15-12-19(13-16-37)33-29(40)27-23(18-31-35-27)34-28(39)26-22(30)9-5-10-24(26)43-3;3-2(4,5)1(6)7/h4-11,17-19H,12-16H2,1-3H3,(H,31,35)(H,32,38)(H,33,40)(H,34,39);(H,6,7)/b11-6+;. The van der Waals surface area contributed by atoms with Crippen LogP contribution in [0.1, 0.15) is 33.7 Å². The number of nitrogens with zero attached hydrogens (tertiary/aromatic N) is 3. The molecule has 0 radical (unpaired) electrons. The van der Waals surface area contributed by atoms with Gasteiger partial charge in [0.15, 0.2) is 0 Å². The quantitative estimate of drug-likeness (QED) is 0.180. The molecule has 1 aliphatic heterocycles. The molecule has 0 spiro atoms.